The predicted molar refractivity (Wildman–Crippen MR) is 69.2 cm³/mol. The monoisotopic (exact) mass is 257 g/mol. The molecular formula is C12H16ClNOS. The van der Waals surface area contributed by atoms with Crippen LogP contribution in [0.5, 0.6) is 0 Å². The van der Waals surface area contributed by atoms with Crippen molar-refractivity contribution in [2.75, 3.05) is 11.5 Å². The molecule has 1 aliphatic rings. The molecule has 0 saturated carbocycles. The molecule has 1 aliphatic heterocycles. The second-order valence-electron chi connectivity index (χ2n) is 4.13. The highest BCUT2D eigenvalue weighted by atomic mass is 35.5. The molecule has 4 heteroatoms. The van der Waals surface area contributed by atoms with Crippen molar-refractivity contribution in [3.63, 3.8) is 0 Å². The lowest BCUT2D eigenvalue weighted by molar-refractivity contribution is 0.475. The van der Waals surface area contributed by atoms with E-state index in [1.807, 2.05) is 24.3 Å². The van der Waals surface area contributed by atoms with Crippen LogP contribution in [0.3, 0.4) is 0 Å². The van der Waals surface area contributed by atoms with Crippen LogP contribution in [-0.2, 0) is 17.3 Å². The van der Waals surface area contributed by atoms with E-state index in [1.54, 1.807) is 0 Å². The van der Waals surface area contributed by atoms with Gasteiger partial charge in [-0.15, -0.1) is 0 Å². The minimum atomic E-state index is -0.570. The average molecular weight is 258 g/mol. The van der Waals surface area contributed by atoms with Crippen molar-refractivity contribution in [1.29, 1.82) is 0 Å². The van der Waals surface area contributed by atoms with Gasteiger partial charge in [-0.1, -0.05) is 23.7 Å². The Balaban J connectivity index is 1.79. The van der Waals surface area contributed by atoms with E-state index < -0.39 is 10.8 Å². The number of benzene rings is 1. The summed E-state index contributed by atoms with van der Waals surface area (Å²) in [5.41, 5.74) is 1.25. The summed E-state index contributed by atoms with van der Waals surface area (Å²) >= 11 is 5.82. The maximum atomic E-state index is 11.2. The van der Waals surface area contributed by atoms with E-state index in [4.69, 9.17) is 11.6 Å². The SMILES string of the molecule is O=S1CCC(NCc2ccc(Cl)cc2)CC1. The van der Waals surface area contributed by atoms with Crippen LogP contribution >= 0.6 is 11.6 Å². The number of halogens is 1. The van der Waals surface area contributed by atoms with Gasteiger partial charge in [0.2, 0.25) is 0 Å². The minimum Gasteiger partial charge on any atom is -0.310 e. The molecule has 88 valence electrons. The lowest BCUT2D eigenvalue weighted by Crippen LogP contribution is -2.35. The fraction of sp³-hybridized carbons (Fsp3) is 0.500. The summed E-state index contributed by atoms with van der Waals surface area (Å²) in [6, 6.07) is 8.42. The van der Waals surface area contributed by atoms with Gasteiger partial charge in [-0.2, -0.15) is 0 Å². The smallest absolute Gasteiger partial charge is 0.0406 e. The van der Waals surface area contributed by atoms with E-state index in [2.05, 4.69) is 5.32 Å². The topological polar surface area (TPSA) is 29.1 Å². The second kappa shape index (κ2) is 5.80. The van der Waals surface area contributed by atoms with Crippen molar-refractivity contribution in [2.45, 2.75) is 25.4 Å². The van der Waals surface area contributed by atoms with Crippen LogP contribution in [0.25, 0.3) is 0 Å². The molecule has 0 atom stereocenters. The summed E-state index contributed by atoms with van der Waals surface area (Å²) in [4.78, 5) is 0. The van der Waals surface area contributed by atoms with Crippen LogP contribution < -0.4 is 5.32 Å². The third kappa shape index (κ3) is 3.58. The molecule has 2 nitrogen and oxygen atoms in total. The van der Waals surface area contributed by atoms with Crippen LogP contribution in [0, 0.1) is 0 Å². The first kappa shape index (κ1) is 12.1. The third-order valence-electron chi connectivity index (χ3n) is 2.90. The van der Waals surface area contributed by atoms with E-state index in [-0.39, 0.29) is 0 Å². The van der Waals surface area contributed by atoms with Crippen LogP contribution in [0.15, 0.2) is 24.3 Å². The zero-order chi connectivity index (χ0) is 11.4. The van der Waals surface area contributed by atoms with Crippen molar-refractivity contribution in [3.8, 4) is 0 Å². The second-order valence-corrected chi connectivity index (χ2v) is 6.26. The van der Waals surface area contributed by atoms with Crippen LogP contribution in [0.4, 0.5) is 0 Å². The Morgan fingerprint density at radius 3 is 2.50 bits per heavy atom. The van der Waals surface area contributed by atoms with Gasteiger partial charge in [-0.3, -0.25) is 4.21 Å². The van der Waals surface area contributed by atoms with E-state index in [1.165, 1.54) is 5.56 Å². The molecule has 1 aromatic carbocycles. The van der Waals surface area contributed by atoms with Crippen LogP contribution in [0.2, 0.25) is 5.02 Å². The quantitative estimate of drug-likeness (QED) is 0.901. The average Bonchev–Trinajstić information content (AvgIpc) is 2.30. The van der Waals surface area contributed by atoms with Gasteiger partial charge in [0.25, 0.3) is 0 Å². The molecule has 0 bridgehead atoms. The van der Waals surface area contributed by atoms with Gasteiger partial charge in [0.05, 0.1) is 0 Å². The Kier molecular flexibility index (Phi) is 4.38. The van der Waals surface area contributed by atoms with Crippen LogP contribution in [-0.4, -0.2) is 21.8 Å². The molecule has 1 fully saturated rings. The Hall–Kier alpha value is -0.380. The largest absolute Gasteiger partial charge is 0.310 e. The molecule has 0 aliphatic carbocycles. The van der Waals surface area contributed by atoms with Gasteiger partial charge in [-0.05, 0) is 30.5 Å². The highest BCUT2D eigenvalue weighted by Gasteiger charge is 2.16. The van der Waals surface area contributed by atoms with Crippen molar-refractivity contribution in [3.05, 3.63) is 34.9 Å². The molecular weight excluding hydrogens is 242 g/mol. The standard InChI is InChI=1S/C12H16ClNOS/c13-11-3-1-10(2-4-11)9-14-12-5-7-16(15)8-6-12/h1-4,12,14H,5-9H2. The molecule has 0 aromatic heterocycles. The maximum absolute atomic E-state index is 11.2. The molecule has 0 amide bonds. The van der Waals surface area contributed by atoms with Gasteiger partial charge in [0.15, 0.2) is 0 Å². The first-order valence-corrected chi connectivity index (χ1v) is 7.43. The molecule has 2 rings (SSSR count). The van der Waals surface area contributed by atoms with E-state index in [0.29, 0.717) is 6.04 Å². The lowest BCUT2D eigenvalue weighted by atomic mass is 10.1. The summed E-state index contributed by atoms with van der Waals surface area (Å²) in [7, 11) is -0.570. The fourth-order valence-electron chi connectivity index (χ4n) is 1.86. The zero-order valence-electron chi connectivity index (χ0n) is 9.12. The van der Waals surface area contributed by atoms with Gasteiger partial charge in [0, 0.05) is 39.9 Å². The van der Waals surface area contributed by atoms with E-state index in [0.717, 1.165) is 35.9 Å². The summed E-state index contributed by atoms with van der Waals surface area (Å²) < 4.78 is 11.2. The Morgan fingerprint density at radius 1 is 1.25 bits per heavy atom. The molecule has 0 unspecified atom stereocenters. The van der Waals surface area contributed by atoms with Crippen molar-refractivity contribution < 1.29 is 4.21 Å². The zero-order valence-corrected chi connectivity index (χ0v) is 10.7. The number of hydrogen-bond donors (Lipinski definition) is 1. The van der Waals surface area contributed by atoms with Gasteiger partial charge < -0.3 is 5.32 Å². The van der Waals surface area contributed by atoms with Gasteiger partial charge in [-0.25, -0.2) is 0 Å². The van der Waals surface area contributed by atoms with Gasteiger partial charge >= 0.3 is 0 Å². The summed E-state index contributed by atoms with van der Waals surface area (Å²) in [6.45, 7) is 0.870. The minimum absolute atomic E-state index is 0.522. The van der Waals surface area contributed by atoms with Crippen molar-refractivity contribution in [2.24, 2.45) is 0 Å². The molecule has 1 aromatic rings. The summed E-state index contributed by atoms with van der Waals surface area (Å²) in [6.07, 6.45) is 2.06. The molecule has 1 heterocycles. The lowest BCUT2D eigenvalue weighted by Gasteiger charge is -2.22. The molecule has 0 spiro atoms. The van der Waals surface area contributed by atoms with Crippen molar-refractivity contribution in [1.82, 2.24) is 5.32 Å². The number of rotatable bonds is 3. The van der Waals surface area contributed by atoms with Crippen LogP contribution in [0.1, 0.15) is 18.4 Å². The number of hydrogen-bond acceptors (Lipinski definition) is 2. The van der Waals surface area contributed by atoms with Crippen molar-refractivity contribution >= 4 is 22.4 Å². The molecule has 0 radical (unpaired) electrons. The molecule has 1 saturated heterocycles. The molecule has 1 N–H and O–H groups in total. The normalized spacial score (nSPS) is 25.6. The van der Waals surface area contributed by atoms with Gasteiger partial charge in [0.1, 0.15) is 0 Å². The molecule has 16 heavy (non-hydrogen) atoms. The third-order valence-corrected chi connectivity index (χ3v) is 4.53. The number of nitrogens with one attached hydrogen (secondary N) is 1. The Morgan fingerprint density at radius 2 is 1.88 bits per heavy atom. The fourth-order valence-corrected chi connectivity index (χ4v) is 3.29. The first-order chi connectivity index (χ1) is 7.74. The van der Waals surface area contributed by atoms with E-state index in [9.17, 15) is 4.21 Å². The maximum Gasteiger partial charge on any atom is 0.0406 e. The Bertz CT molecular complexity index is 356. The Labute approximate surface area is 104 Å². The first-order valence-electron chi connectivity index (χ1n) is 5.57. The predicted octanol–water partition coefficient (Wildman–Crippen LogP) is 2.34. The summed E-state index contributed by atoms with van der Waals surface area (Å²) in [5, 5.41) is 4.28. The highest BCUT2D eigenvalue weighted by molar-refractivity contribution is 7.85. The summed E-state index contributed by atoms with van der Waals surface area (Å²) in [5.74, 6) is 1.69. The van der Waals surface area contributed by atoms with E-state index >= 15 is 0 Å². The highest BCUT2D eigenvalue weighted by Crippen LogP contribution is 2.12.